The van der Waals surface area contributed by atoms with Gasteiger partial charge in [-0.15, -0.1) is 0 Å². The van der Waals surface area contributed by atoms with Gasteiger partial charge in [-0.2, -0.15) is 0 Å². The van der Waals surface area contributed by atoms with E-state index >= 15 is 0 Å². The molecule has 0 aliphatic heterocycles. The van der Waals surface area contributed by atoms with E-state index in [1.807, 2.05) is 13.8 Å². The van der Waals surface area contributed by atoms with Crippen molar-refractivity contribution in [3.63, 3.8) is 0 Å². The number of nitrogens with one attached hydrogen (secondary N) is 1. The van der Waals surface area contributed by atoms with E-state index in [1.54, 1.807) is 6.92 Å². The molecule has 0 saturated heterocycles. The fraction of sp³-hybridized carbons (Fsp3) is 0.500. The minimum atomic E-state index is -0.287. The lowest BCUT2D eigenvalue weighted by Crippen LogP contribution is -2.36. The Hall–Kier alpha value is -1.78. The monoisotopic (exact) mass is 239 g/mol. The molecule has 1 amide bonds. The molecule has 0 spiro atoms. The molecule has 0 fully saturated rings. The Morgan fingerprint density at radius 3 is 2.88 bits per heavy atom. The number of hydrogen-bond donors (Lipinski definition) is 1. The van der Waals surface area contributed by atoms with Crippen LogP contribution in [0.5, 0.6) is 5.75 Å². The highest BCUT2D eigenvalue weighted by Crippen LogP contribution is 2.10. The average molecular weight is 239 g/mol. The van der Waals surface area contributed by atoms with E-state index in [-0.39, 0.29) is 29.7 Å². The van der Waals surface area contributed by atoms with E-state index in [0.29, 0.717) is 5.76 Å². The lowest BCUT2D eigenvalue weighted by molar-refractivity contribution is -0.123. The van der Waals surface area contributed by atoms with Crippen LogP contribution in [0.3, 0.4) is 0 Å². The van der Waals surface area contributed by atoms with Crippen LogP contribution in [0.4, 0.5) is 0 Å². The highest BCUT2D eigenvalue weighted by Gasteiger charge is 2.10. The van der Waals surface area contributed by atoms with Crippen LogP contribution >= 0.6 is 0 Å². The summed E-state index contributed by atoms with van der Waals surface area (Å²) in [6.07, 6.45) is 2.14. The number of carbonyl (C=O) groups is 1. The van der Waals surface area contributed by atoms with Crippen molar-refractivity contribution in [1.29, 1.82) is 0 Å². The summed E-state index contributed by atoms with van der Waals surface area (Å²) >= 11 is 0. The first kappa shape index (κ1) is 13.3. The molecule has 17 heavy (non-hydrogen) atoms. The van der Waals surface area contributed by atoms with E-state index < -0.39 is 0 Å². The number of ether oxygens (including phenoxy) is 1. The van der Waals surface area contributed by atoms with Crippen molar-refractivity contribution in [3.8, 4) is 5.75 Å². The Balaban J connectivity index is 2.56. The van der Waals surface area contributed by atoms with E-state index in [1.165, 1.54) is 12.3 Å². The van der Waals surface area contributed by atoms with Crippen molar-refractivity contribution in [3.05, 3.63) is 28.3 Å². The van der Waals surface area contributed by atoms with Gasteiger partial charge in [0.15, 0.2) is 6.61 Å². The maximum absolute atomic E-state index is 11.4. The summed E-state index contributed by atoms with van der Waals surface area (Å²) in [7, 11) is 0. The standard InChI is InChI=1S/C12H17NO4/c1-4-8(2)13-11(15)7-17-12-9(3)16-6-5-10(12)14/h5-6,8H,4,7H2,1-3H3,(H,13,15). The lowest BCUT2D eigenvalue weighted by atomic mass is 10.2. The van der Waals surface area contributed by atoms with Gasteiger partial charge >= 0.3 is 0 Å². The predicted octanol–water partition coefficient (Wildman–Crippen LogP) is 1.24. The van der Waals surface area contributed by atoms with Crippen LogP contribution in [-0.4, -0.2) is 18.6 Å². The van der Waals surface area contributed by atoms with Gasteiger partial charge < -0.3 is 14.5 Å². The maximum atomic E-state index is 11.4. The molecule has 0 radical (unpaired) electrons. The summed E-state index contributed by atoms with van der Waals surface area (Å²) in [5.41, 5.74) is -0.287. The van der Waals surface area contributed by atoms with Crippen molar-refractivity contribution >= 4 is 5.91 Å². The molecule has 0 bridgehead atoms. The smallest absolute Gasteiger partial charge is 0.258 e. The van der Waals surface area contributed by atoms with Gasteiger partial charge in [0.1, 0.15) is 5.76 Å². The molecule has 1 unspecified atom stereocenters. The van der Waals surface area contributed by atoms with Gasteiger partial charge in [-0.25, -0.2) is 0 Å². The third kappa shape index (κ3) is 3.94. The van der Waals surface area contributed by atoms with Crippen LogP contribution in [0.15, 0.2) is 21.5 Å². The van der Waals surface area contributed by atoms with Crippen LogP contribution in [0.2, 0.25) is 0 Å². The number of amides is 1. The van der Waals surface area contributed by atoms with E-state index in [4.69, 9.17) is 9.15 Å². The van der Waals surface area contributed by atoms with Crippen LogP contribution < -0.4 is 15.5 Å². The van der Waals surface area contributed by atoms with E-state index in [0.717, 1.165) is 6.42 Å². The maximum Gasteiger partial charge on any atom is 0.258 e. The quantitative estimate of drug-likeness (QED) is 0.839. The molecule has 1 aromatic heterocycles. The van der Waals surface area contributed by atoms with Gasteiger partial charge in [0, 0.05) is 12.1 Å². The predicted molar refractivity (Wildman–Crippen MR) is 63.1 cm³/mol. The Morgan fingerprint density at radius 2 is 2.29 bits per heavy atom. The number of aryl methyl sites for hydroxylation is 1. The summed E-state index contributed by atoms with van der Waals surface area (Å²) in [6, 6.07) is 1.36. The van der Waals surface area contributed by atoms with Gasteiger partial charge in [0.2, 0.25) is 11.2 Å². The molecule has 1 rings (SSSR count). The molecule has 5 nitrogen and oxygen atoms in total. The number of carbonyl (C=O) groups excluding carboxylic acids is 1. The first-order chi connectivity index (χ1) is 8.04. The summed E-state index contributed by atoms with van der Waals surface area (Å²) < 4.78 is 10.2. The van der Waals surface area contributed by atoms with Crippen LogP contribution in [0.1, 0.15) is 26.0 Å². The zero-order valence-electron chi connectivity index (χ0n) is 10.3. The summed E-state index contributed by atoms with van der Waals surface area (Å²) in [6.45, 7) is 5.31. The normalized spacial score (nSPS) is 11.9. The molecule has 0 aromatic carbocycles. The molecular formula is C12H17NO4. The highest BCUT2D eigenvalue weighted by atomic mass is 16.5. The second-order valence-electron chi connectivity index (χ2n) is 3.84. The second kappa shape index (κ2) is 6.08. The molecule has 1 atom stereocenters. The molecule has 0 aliphatic rings. The first-order valence-electron chi connectivity index (χ1n) is 5.55. The van der Waals surface area contributed by atoms with Crippen molar-refractivity contribution < 1.29 is 13.9 Å². The van der Waals surface area contributed by atoms with Crippen molar-refractivity contribution in [2.75, 3.05) is 6.61 Å². The third-order valence-electron chi connectivity index (χ3n) is 2.38. The third-order valence-corrected chi connectivity index (χ3v) is 2.38. The molecule has 1 N–H and O–H groups in total. The van der Waals surface area contributed by atoms with Crippen LogP contribution in [0.25, 0.3) is 0 Å². The van der Waals surface area contributed by atoms with Gasteiger partial charge in [0.25, 0.3) is 5.91 Å². The Bertz CT molecular complexity index is 438. The van der Waals surface area contributed by atoms with Gasteiger partial charge in [-0.3, -0.25) is 9.59 Å². The van der Waals surface area contributed by atoms with Gasteiger partial charge in [-0.1, -0.05) is 6.92 Å². The minimum Gasteiger partial charge on any atom is -0.476 e. The average Bonchev–Trinajstić information content (AvgIpc) is 2.28. The Labute approximate surface area is 99.8 Å². The molecule has 5 heteroatoms. The van der Waals surface area contributed by atoms with Crippen molar-refractivity contribution in [2.45, 2.75) is 33.2 Å². The summed E-state index contributed by atoms with van der Waals surface area (Å²) in [5.74, 6) is 0.211. The zero-order valence-corrected chi connectivity index (χ0v) is 10.3. The first-order valence-corrected chi connectivity index (χ1v) is 5.55. The summed E-state index contributed by atoms with van der Waals surface area (Å²) in [4.78, 5) is 22.9. The van der Waals surface area contributed by atoms with E-state index in [2.05, 4.69) is 5.32 Å². The molecule has 0 aliphatic carbocycles. The fourth-order valence-electron chi connectivity index (χ4n) is 1.23. The Kier molecular flexibility index (Phi) is 4.75. The lowest BCUT2D eigenvalue weighted by Gasteiger charge is -2.12. The SMILES string of the molecule is CCC(C)NC(=O)COc1c(C)occc1=O. The molecule has 1 heterocycles. The van der Waals surface area contributed by atoms with E-state index in [9.17, 15) is 9.59 Å². The molecular weight excluding hydrogens is 222 g/mol. The number of hydrogen-bond acceptors (Lipinski definition) is 4. The summed E-state index contributed by atoms with van der Waals surface area (Å²) in [5, 5.41) is 2.74. The van der Waals surface area contributed by atoms with Crippen molar-refractivity contribution in [1.82, 2.24) is 5.32 Å². The van der Waals surface area contributed by atoms with Crippen molar-refractivity contribution in [2.24, 2.45) is 0 Å². The van der Waals surface area contributed by atoms with Crippen LogP contribution in [0, 0.1) is 6.92 Å². The number of rotatable bonds is 5. The highest BCUT2D eigenvalue weighted by molar-refractivity contribution is 5.77. The topological polar surface area (TPSA) is 68.5 Å². The molecule has 1 aromatic rings. The molecule has 0 saturated carbocycles. The minimum absolute atomic E-state index is 0.0896. The van der Waals surface area contributed by atoms with Crippen LogP contribution in [-0.2, 0) is 4.79 Å². The second-order valence-corrected chi connectivity index (χ2v) is 3.84. The molecule has 94 valence electrons. The van der Waals surface area contributed by atoms with Gasteiger partial charge in [-0.05, 0) is 20.3 Å². The Morgan fingerprint density at radius 1 is 1.59 bits per heavy atom. The fourth-order valence-corrected chi connectivity index (χ4v) is 1.23. The van der Waals surface area contributed by atoms with Gasteiger partial charge in [0.05, 0.1) is 6.26 Å². The largest absolute Gasteiger partial charge is 0.476 e. The zero-order chi connectivity index (χ0) is 12.8.